The fourth-order valence-corrected chi connectivity index (χ4v) is 1.04. The fraction of sp³-hybridized carbons (Fsp3) is 0. The molecule has 0 aliphatic heterocycles. The maximum Gasteiger partial charge on any atom is 0.292 e. The lowest BCUT2D eigenvalue weighted by atomic mass is 10.1. The van der Waals surface area contributed by atoms with Gasteiger partial charge in [0.2, 0.25) is 0 Å². The molecule has 0 saturated heterocycles. The minimum atomic E-state index is -0.594. The van der Waals surface area contributed by atoms with Gasteiger partial charge < -0.3 is 17.0 Å². The van der Waals surface area contributed by atoms with Crippen molar-refractivity contribution < 1.29 is 4.92 Å². The lowest BCUT2D eigenvalue weighted by molar-refractivity contribution is -0.383. The second-order valence-corrected chi connectivity index (χ2v) is 2.65. The third kappa shape index (κ3) is 2.11. The van der Waals surface area contributed by atoms with Crippen LogP contribution in [0.4, 0.5) is 11.4 Å². The van der Waals surface area contributed by atoms with Crippen molar-refractivity contribution in [2.45, 2.75) is 0 Å². The summed E-state index contributed by atoms with van der Waals surface area (Å²) in [5.74, 6) is 10.3. The van der Waals surface area contributed by atoms with Crippen LogP contribution in [0.25, 0.3) is 0 Å². The number of amidine groups is 1. The Morgan fingerprint density at radius 2 is 2.20 bits per heavy atom. The van der Waals surface area contributed by atoms with Gasteiger partial charge in [-0.05, 0) is 12.1 Å². The number of hydrazone groups is 1. The molecule has 0 aromatic heterocycles. The number of rotatable bonds is 2. The molecular weight excluding hydrogens is 200 g/mol. The van der Waals surface area contributed by atoms with Gasteiger partial charge in [0.25, 0.3) is 5.69 Å². The number of anilines is 1. The number of nitrogens with zero attached hydrogens (tertiary/aromatic N) is 2. The molecule has 0 saturated carbocycles. The second-order valence-electron chi connectivity index (χ2n) is 2.65. The molecule has 80 valence electrons. The van der Waals surface area contributed by atoms with Gasteiger partial charge in [-0.1, -0.05) is 0 Å². The molecule has 0 fully saturated rings. The zero-order valence-corrected chi connectivity index (χ0v) is 7.68. The topological polar surface area (TPSA) is 146 Å². The van der Waals surface area contributed by atoms with Crippen LogP contribution in [0.3, 0.4) is 0 Å². The molecule has 0 amide bonds. The van der Waals surface area contributed by atoms with E-state index in [0.717, 1.165) is 0 Å². The Balaban J connectivity index is 3.24. The Morgan fingerprint density at radius 3 is 2.67 bits per heavy atom. The second kappa shape index (κ2) is 4.24. The van der Waals surface area contributed by atoms with Gasteiger partial charge in [0, 0.05) is 11.6 Å². The van der Waals surface area contributed by atoms with Crippen molar-refractivity contribution in [2.24, 2.45) is 16.8 Å². The van der Waals surface area contributed by atoms with Crippen LogP contribution in [-0.2, 0) is 0 Å². The number of nitrogens with two attached hydrogens (primary N) is 3. The van der Waals surface area contributed by atoms with Crippen LogP contribution in [0.1, 0.15) is 5.56 Å². The van der Waals surface area contributed by atoms with Crippen molar-refractivity contribution in [1.82, 2.24) is 5.43 Å². The quantitative estimate of drug-likeness (QED) is 0.126. The van der Waals surface area contributed by atoms with E-state index in [-0.39, 0.29) is 17.2 Å². The van der Waals surface area contributed by atoms with Gasteiger partial charge in [-0.25, -0.2) is 5.84 Å². The average molecular weight is 210 g/mol. The third-order valence-corrected chi connectivity index (χ3v) is 1.77. The molecule has 8 heteroatoms. The molecule has 0 spiro atoms. The number of nitrogens with one attached hydrogen (secondary N) is 1. The maximum atomic E-state index is 10.6. The molecule has 1 aromatic carbocycles. The van der Waals surface area contributed by atoms with Crippen molar-refractivity contribution in [2.75, 3.05) is 5.73 Å². The molecule has 0 radical (unpaired) electrons. The van der Waals surface area contributed by atoms with Crippen LogP contribution in [0.15, 0.2) is 23.3 Å². The number of hydrogen-bond donors (Lipinski definition) is 4. The lowest BCUT2D eigenvalue weighted by Gasteiger charge is -2.04. The standard InChI is InChI=1S/C7H10N6O2/c8-5-2-1-4(7(11-9)12-10)3-6(5)13(14)15/h1-3H,8-10H2,(H,11,12). The monoisotopic (exact) mass is 210 g/mol. The third-order valence-electron chi connectivity index (χ3n) is 1.77. The predicted octanol–water partition coefficient (Wildman–Crippen LogP) is -0.739. The van der Waals surface area contributed by atoms with Crippen LogP contribution in [0.5, 0.6) is 0 Å². The lowest BCUT2D eigenvalue weighted by Crippen LogP contribution is -2.32. The van der Waals surface area contributed by atoms with Crippen LogP contribution in [0.2, 0.25) is 0 Å². The minimum Gasteiger partial charge on any atom is -0.393 e. The molecular formula is C7H10N6O2. The summed E-state index contributed by atoms with van der Waals surface area (Å²) in [6.07, 6.45) is 0. The number of nitro groups is 1. The minimum absolute atomic E-state index is 0.0668. The van der Waals surface area contributed by atoms with E-state index in [1.165, 1.54) is 18.2 Å². The van der Waals surface area contributed by atoms with Crippen LogP contribution in [-0.4, -0.2) is 10.8 Å². The first-order valence-corrected chi connectivity index (χ1v) is 3.89. The number of hydrogen-bond acceptors (Lipinski definition) is 6. The van der Waals surface area contributed by atoms with Gasteiger partial charge >= 0.3 is 0 Å². The molecule has 8 nitrogen and oxygen atoms in total. The summed E-state index contributed by atoms with van der Waals surface area (Å²) in [6, 6.07) is 4.14. The van der Waals surface area contributed by atoms with E-state index in [2.05, 4.69) is 10.5 Å². The van der Waals surface area contributed by atoms with Crippen LogP contribution >= 0.6 is 0 Å². The van der Waals surface area contributed by atoms with E-state index in [1.54, 1.807) is 0 Å². The highest BCUT2D eigenvalue weighted by atomic mass is 16.6. The van der Waals surface area contributed by atoms with Crippen molar-refractivity contribution in [1.29, 1.82) is 0 Å². The highest BCUT2D eigenvalue weighted by molar-refractivity contribution is 5.99. The Kier molecular flexibility index (Phi) is 3.03. The Labute approximate surface area is 84.9 Å². The summed E-state index contributed by atoms with van der Waals surface area (Å²) >= 11 is 0. The van der Waals surface area contributed by atoms with Crippen molar-refractivity contribution in [3.8, 4) is 0 Å². The highest BCUT2D eigenvalue weighted by Gasteiger charge is 2.13. The first kappa shape index (κ1) is 10.7. The van der Waals surface area contributed by atoms with Crippen molar-refractivity contribution in [3.63, 3.8) is 0 Å². The first-order valence-electron chi connectivity index (χ1n) is 3.89. The normalized spacial score (nSPS) is 11.1. The summed E-state index contributed by atoms with van der Waals surface area (Å²) in [6.45, 7) is 0. The van der Waals surface area contributed by atoms with Crippen molar-refractivity contribution in [3.05, 3.63) is 33.9 Å². The molecule has 15 heavy (non-hydrogen) atoms. The van der Waals surface area contributed by atoms with Gasteiger partial charge in [0.05, 0.1) is 4.92 Å². The molecule has 0 aliphatic carbocycles. The first-order chi connectivity index (χ1) is 7.10. The van der Waals surface area contributed by atoms with Gasteiger partial charge in [-0.2, -0.15) is 5.10 Å². The molecule has 0 unspecified atom stereocenters. The zero-order valence-electron chi connectivity index (χ0n) is 7.68. The Hall–Kier alpha value is -2.35. The summed E-state index contributed by atoms with van der Waals surface area (Å²) in [4.78, 5) is 9.98. The van der Waals surface area contributed by atoms with E-state index in [1.807, 2.05) is 0 Å². The van der Waals surface area contributed by atoms with Crippen molar-refractivity contribution >= 4 is 17.2 Å². The van der Waals surface area contributed by atoms with E-state index >= 15 is 0 Å². The summed E-state index contributed by atoms with van der Waals surface area (Å²) < 4.78 is 0. The zero-order chi connectivity index (χ0) is 11.4. The molecule has 1 aromatic rings. The van der Waals surface area contributed by atoms with Gasteiger partial charge in [0.15, 0.2) is 5.84 Å². The van der Waals surface area contributed by atoms with Crippen LogP contribution < -0.4 is 22.8 Å². The number of nitrogen functional groups attached to an aromatic ring is 1. The Bertz CT molecular complexity index is 416. The molecule has 0 bridgehead atoms. The number of benzene rings is 1. The fourth-order valence-electron chi connectivity index (χ4n) is 1.04. The van der Waals surface area contributed by atoms with Crippen LogP contribution in [0, 0.1) is 10.1 Å². The molecule has 1 rings (SSSR count). The van der Waals surface area contributed by atoms with E-state index in [0.29, 0.717) is 5.56 Å². The molecule has 0 heterocycles. The highest BCUT2D eigenvalue weighted by Crippen LogP contribution is 2.22. The average Bonchev–Trinajstić information content (AvgIpc) is 2.21. The van der Waals surface area contributed by atoms with E-state index in [9.17, 15) is 10.1 Å². The largest absolute Gasteiger partial charge is 0.393 e. The Morgan fingerprint density at radius 1 is 1.53 bits per heavy atom. The summed E-state index contributed by atoms with van der Waals surface area (Å²) in [7, 11) is 0. The molecule has 7 N–H and O–H groups in total. The van der Waals surface area contributed by atoms with Gasteiger partial charge in [-0.15, -0.1) is 0 Å². The van der Waals surface area contributed by atoms with E-state index < -0.39 is 4.92 Å². The maximum absolute atomic E-state index is 10.6. The smallest absolute Gasteiger partial charge is 0.292 e. The number of hydrazine groups is 1. The van der Waals surface area contributed by atoms with Gasteiger partial charge in [-0.3, -0.25) is 10.1 Å². The predicted molar refractivity (Wildman–Crippen MR) is 55.6 cm³/mol. The summed E-state index contributed by atoms with van der Waals surface area (Å²) in [5.41, 5.74) is 7.86. The summed E-state index contributed by atoms with van der Waals surface area (Å²) in [5, 5.41) is 13.9. The number of nitro benzene ring substituents is 1. The molecule has 0 aliphatic rings. The molecule has 0 atom stereocenters. The van der Waals surface area contributed by atoms with Gasteiger partial charge in [0.1, 0.15) is 5.69 Å². The SMILES string of the molecule is N/N=C(\NN)c1ccc(N)c([N+](=O)[O-])c1. The van der Waals surface area contributed by atoms with E-state index in [4.69, 9.17) is 17.4 Å².